The number of aromatic nitrogens is 2. The van der Waals surface area contributed by atoms with Gasteiger partial charge in [-0.1, -0.05) is 12.1 Å². The van der Waals surface area contributed by atoms with E-state index in [9.17, 15) is 4.79 Å². The zero-order chi connectivity index (χ0) is 19.1. The first kappa shape index (κ1) is 18.1. The number of hydrogen-bond acceptors (Lipinski definition) is 8. The minimum atomic E-state index is -0.425. The van der Waals surface area contributed by atoms with E-state index in [0.29, 0.717) is 18.2 Å². The maximum atomic E-state index is 11.9. The Kier molecular flexibility index (Phi) is 5.73. The summed E-state index contributed by atoms with van der Waals surface area (Å²) >= 11 is 0. The van der Waals surface area contributed by atoms with Crippen LogP contribution in [0.1, 0.15) is 16.1 Å². The predicted molar refractivity (Wildman–Crippen MR) is 101 cm³/mol. The Balaban J connectivity index is 1.53. The van der Waals surface area contributed by atoms with Crippen LogP contribution < -0.4 is 26.6 Å². The molecule has 0 saturated carbocycles. The van der Waals surface area contributed by atoms with Crippen molar-refractivity contribution in [1.29, 1.82) is 0 Å². The van der Waals surface area contributed by atoms with Crippen molar-refractivity contribution < 1.29 is 13.9 Å². The summed E-state index contributed by atoms with van der Waals surface area (Å²) in [6, 6.07) is 12.7. The van der Waals surface area contributed by atoms with Crippen LogP contribution in [0.5, 0.6) is 5.75 Å². The lowest BCUT2D eigenvalue weighted by atomic mass is 10.1. The van der Waals surface area contributed by atoms with Gasteiger partial charge in [0.15, 0.2) is 11.6 Å². The van der Waals surface area contributed by atoms with Crippen molar-refractivity contribution in [1.82, 2.24) is 15.4 Å². The summed E-state index contributed by atoms with van der Waals surface area (Å²) in [5, 5.41) is 3.18. The van der Waals surface area contributed by atoms with Crippen LogP contribution in [0.15, 0.2) is 53.1 Å². The van der Waals surface area contributed by atoms with Gasteiger partial charge in [-0.15, -0.1) is 0 Å². The number of nitrogen functional groups attached to an aromatic ring is 1. The van der Waals surface area contributed by atoms with Gasteiger partial charge in [0, 0.05) is 12.6 Å². The van der Waals surface area contributed by atoms with E-state index in [-0.39, 0.29) is 11.7 Å². The van der Waals surface area contributed by atoms with Crippen molar-refractivity contribution in [3.8, 4) is 5.75 Å². The number of carbonyl (C=O) groups is 1. The van der Waals surface area contributed by atoms with Crippen LogP contribution in [0.25, 0.3) is 0 Å². The highest BCUT2D eigenvalue weighted by atomic mass is 16.5. The summed E-state index contributed by atoms with van der Waals surface area (Å²) in [4.78, 5) is 20.0. The molecule has 1 amide bonds. The van der Waals surface area contributed by atoms with Gasteiger partial charge in [-0.3, -0.25) is 15.6 Å². The molecule has 0 atom stereocenters. The number of furan rings is 1. The summed E-state index contributed by atoms with van der Waals surface area (Å²) < 4.78 is 10.2. The molecule has 3 aromatic rings. The number of hydrazine groups is 1. The summed E-state index contributed by atoms with van der Waals surface area (Å²) in [6.07, 6.45) is 2.22. The number of rotatable bonds is 8. The van der Waals surface area contributed by atoms with E-state index in [1.165, 1.54) is 6.26 Å². The number of anilines is 3. The molecule has 0 aliphatic carbocycles. The first-order valence-corrected chi connectivity index (χ1v) is 8.25. The van der Waals surface area contributed by atoms with Gasteiger partial charge in [-0.05, 0) is 36.2 Å². The molecular weight excluding hydrogens is 348 g/mol. The summed E-state index contributed by atoms with van der Waals surface area (Å²) in [7, 11) is 1.64. The molecule has 0 aliphatic rings. The maximum absolute atomic E-state index is 11.9. The molecule has 2 aromatic heterocycles. The molecular formula is C18H20N6O3. The van der Waals surface area contributed by atoms with Gasteiger partial charge in [-0.2, -0.15) is 9.97 Å². The van der Waals surface area contributed by atoms with Crippen LogP contribution in [0, 0.1) is 0 Å². The summed E-state index contributed by atoms with van der Waals surface area (Å²) in [5.41, 5.74) is 12.1. The first-order chi connectivity index (χ1) is 13.1. The SMILES string of the molecule is COc1ccc(CCNc2cc(NNC(=O)c3ccco3)nc(N)n2)cc1. The van der Waals surface area contributed by atoms with Crippen LogP contribution in [0.4, 0.5) is 17.6 Å². The van der Waals surface area contributed by atoms with E-state index < -0.39 is 5.91 Å². The first-order valence-electron chi connectivity index (χ1n) is 8.25. The Bertz CT molecular complexity index is 881. The van der Waals surface area contributed by atoms with E-state index >= 15 is 0 Å². The van der Waals surface area contributed by atoms with Crippen molar-refractivity contribution in [3.63, 3.8) is 0 Å². The number of hydrogen-bond donors (Lipinski definition) is 4. The Hall–Kier alpha value is -3.75. The van der Waals surface area contributed by atoms with Crippen molar-refractivity contribution in [2.24, 2.45) is 0 Å². The Labute approximate surface area is 155 Å². The molecule has 0 bridgehead atoms. The molecule has 0 spiro atoms. The molecule has 0 saturated heterocycles. The minimum absolute atomic E-state index is 0.0826. The summed E-state index contributed by atoms with van der Waals surface area (Å²) in [6.45, 7) is 0.654. The van der Waals surface area contributed by atoms with Gasteiger partial charge in [0.1, 0.15) is 11.6 Å². The second-order valence-electron chi connectivity index (χ2n) is 5.58. The second-order valence-corrected chi connectivity index (χ2v) is 5.58. The van der Waals surface area contributed by atoms with E-state index in [4.69, 9.17) is 14.9 Å². The van der Waals surface area contributed by atoms with Crippen molar-refractivity contribution in [2.45, 2.75) is 6.42 Å². The molecule has 9 heteroatoms. The number of nitrogens with two attached hydrogens (primary N) is 1. The number of ether oxygens (including phenoxy) is 1. The standard InChI is InChI=1S/C18H20N6O3/c1-26-13-6-4-12(5-7-13)8-9-20-15-11-16(22-18(19)21-15)23-24-17(25)14-3-2-10-27-14/h2-7,10-11H,8-9H2,1H3,(H,24,25)(H4,19,20,21,22,23). The Morgan fingerprint density at radius 2 is 1.96 bits per heavy atom. The van der Waals surface area contributed by atoms with E-state index in [1.807, 2.05) is 24.3 Å². The lowest BCUT2D eigenvalue weighted by Gasteiger charge is -2.10. The van der Waals surface area contributed by atoms with Crippen LogP contribution in [-0.2, 0) is 6.42 Å². The van der Waals surface area contributed by atoms with E-state index in [2.05, 4.69) is 26.1 Å². The number of carbonyl (C=O) groups excluding carboxylic acids is 1. The molecule has 0 aliphatic heterocycles. The highest BCUT2D eigenvalue weighted by Gasteiger charge is 2.09. The molecule has 9 nitrogen and oxygen atoms in total. The van der Waals surface area contributed by atoms with Crippen LogP contribution in [-0.4, -0.2) is 29.5 Å². The average molecular weight is 368 g/mol. The minimum Gasteiger partial charge on any atom is -0.497 e. The van der Waals surface area contributed by atoms with Crippen LogP contribution in [0.2, 0.25) is 0 Å². The van der Waals surface area contributed by atoms with Gasteiger partial charge >= 0.3 is 5.91 Å². The quantitative estimate of drug-likeness (QED) is 0.445. The van der Waals surface area contributed by atoms with Crippen molar-refractivity contribution in [3.05, 3.63) is 60.1 Å². The van der Waals surface area contributed by atoms with Gasteiger partial charge in [0.2, 0.25) is 5.95 Å². The number of benzene rings is 1. The molecule has 3 rings (SSSR count). The fraction of sp³-hybridized carbons (Fsp3) is 0.167. The topological polar surface area (TPSA) is 127 Å². The zero-order valence-electron chi connectivity index (χ0n) is 14.7. The summed E-state index contributed by atoms with van der Waals surface area (Å²) in [5.74, 6) is 1.57. The second kappa shape index (κ2) is 8.56. The van der Waals surface area contributed by atoms with Crippen molar-refractivity contribution in [2.75, 3.05) is 30.1 Å². The van der Waals surface area contributed by atoms with Crippen molar-refractivity contribution >= 4 is 23.5 Å². The third kappa shape index (κ3) is 5.11. The lowest BCUT2D eigenvalue weighted by Crippen LogP contribution is -2.29. The number of amides is 1. The molecule has 0 unspecified atom stereocenters. The fourth-order valence-electron chi connectivity index (χ4n) is 2.34. The number of nitrogens with zero attached hydrogens (tertiary/aromatic N) is 2. The third-order valence-corrected chi connectivity index (χ3v) is 3.67. The molecule has 5 N–H and O–H groups in total. The van der Waals surface area contributed by atoms with Gasteiger partial charge in [-0.25, -0.2) is 0 Å². The molecule has 27 heavy (non-hydrogen) atoms. The maximum Gasteiger partial charge on any atom is 0.305 e. The smallest absolute Gasteiger partial charge is 0.305 e. The molecule has 1 aromatic carbocycles. The zero-order valence-corrected chi connectivity index (χ0v) is 14.7. The number of methoxy groups -OCH3 is 1. The predicted octanol–water partition coefficient (Wildman–Crippen LogP) is 2.07. The Morgan fingerprint density at radius 3 is 2.67 bits per heavy atom. The van der Waals surface area contributed by atoms with Gasteiger partial charge in [0.25, 0.3) is 0 Å². The molecule has 2 heterocycles. The lowest BCUT2D eigenvalue weighted by molar-refractivity contribution is 0.0935. The molecule has 0 fully saturated rings. The largest absolute Gasteiger partial charge is 0.497 e. The number of nitrogens with one attached hydrogen (secondary N) is 3. The molecule has 0 radical (unpaired) electrons. The average Bonchev–Trinajstić information content (AvgIpc) is 3.21. The third-order valence-electron chi connectivity index (χ3n) is 3.67. The van der Waals surface area contributed by atoms with E-state index in [0.717, 1.165) is 17.7 Å². The monoisotopic (exact) mass is 368 g/mol. The van der Waals surface area contributed by atoms with Gasteiger partial charge in [0.05, 0.1) is 13.4 Å². The van der Waals surface area contributed by atoms with Crippen LogP contribution >= 0.6 is 0 Å². The van der Waals surface area contributed by atoms with E-state index in [1.54, 1.807) is 25.3 Å². The normalized spacial score (nSPS) is 10.3. The Morgan fingerprint density at radius 1 is 1.19 bits per heavy atom. The fourth-order valence-corrected chi connectivity index (χ4v) is 2.34. The highest BCUT2D eigenvalue weighted by molar-refractivity contribution is 5.92. The molecule has 140 valence electrons. The van der Waals surface area contributed by atoms with Crippen LogP contribution in [0.3, 0.4) is 0 Å². The highest BCUT2D eigenvalue weighted by Crippen LogP contribution is 2.14. The van der Waals surface area contributed by atoms with Gasteiger partial charge < -0.3 is 20.2 Å².